The molecule has 7 nitrogen and oxygen atoms in total. The third kappa shape index (κ3) is 4.78. The summed E-state index contributed by atoms with van der Waals surface area (Å²) < 4.78 is 1.76. The molecule has 4 amide bonds. The molecule has 1 aromatic carbocycles. The third-order valence-electron chi connectivity index (χ3n) is 4.73. The topological polar surface area (TPSA) is 80.5 Å². The van der Waals surface area contributed by atoms with Gasteiger partial charge >= 0.3 is 12.1 Å². The number of benzene rings is 1. The molecule has 1 saturated heterocycles. The smallest absolute Gasteiger partial charge is 0.321 e. The summed E-state index contributed by atoms with van der Waals surface area (Å²) in [5.41, 5.74) is 1.80. The van der Waals surface area contributed by atoms with Crippen LogP contribution in [0.4, 0.5) is 15.3 Å². The highest BCUT2D eigenvalue weighted by atomic mass is 32.1. The van der Waals surface area contributed by atoms with Gasteiger partial charge in [-0.05, 0) is 49.7 Å². The van der Waals surface area contributed by atoms with Gasteiger partial charge in [0.05, 0.1) is 10.2 Å². The fourth-order valence-electron chi connectivity index (χ4n) is 3.10. The molecule has 3 N–H and O–H groups in total. The van der Waals surface area contributed by atoms with Crippen LogP contribution >= 0.6 is 23.6 Å². The third-order valence-corrected chi connectivity index (χ3v) is 5.93. The van der Waals surface area contributed by atoms with E-state index in [4.69, 9.17) is 12.2 Å². The van der Waals surface area contributed by atoms with Crippen molar-refractivity contribution in [3.05, 3.63) is 22.2 Å². The molecule has 146 valence electrons. The van der Waals surface area contributed by atoms with E-state index in [2.05, 4.69) is 15.6 Å². The second kappa shape index (κ2) is 8.71. The maximum atomic E-state index is 12.6. The van der Waals surface area contributed by atoms with E-state index in [0.29, 0.717) is 19.6 Å². The molecular weight excluding hydrogens is 382 g/mol. The number of thiazole rings is 1. The number of aromatic amines is 1. The van der Waals surface area contributed by atoms with Crippen LogP contribution < -0.4 is 15.5 Å². The Hall–Kier alpha value is -2.13. The Morgan fingerprint density at radius 1 is 1.37 bits per heavy atom. The Balaban J connectivity index is 1.54. The number of amides is 4. The minimum absolute atomic E-state index is 0.0130. The molecular formula is C18H25N5O2S2. The van der Waals surface area contributed by atoms with Crippen molar-refractivity contribution < 1.29 is 9.59 Å². The van der Waals surface area contributed by atoms with Crippen molar-refractivity contribution in [2.75, 3.05) is 31.6 Å². The van der Waals surface area contributed by atoms with Gasteiger partial charge in [0, 0.05) is 38.4 Å². The van der Waals surface area contributed by atoms with E-state index in [1.165, 1.54) is 11.3 Å². The molecule has 0 saturated carbocycles. The quantitative estimate of drug-likeness (QED) is 0.676. The zero-order valence-corrected chi connectivity index (χ0v) is 17.2. The zero-order chi connectivity index (χ0) is 19.4. The number of hydrogen-bond acceptors (Lipinski definition) is 4. The predicted octanol–water partition coefficient (Wildman–Crippen LogP) is 3.69. The minimum Gasteiger partial charge on any atom is -0.338 e. The summed E-state index contributed by atoms with van der Waals surface area (Å²) in [7, 11) is 1.76. The van der Waals surface area contributed by atoms with Crippen molar-refractivity contribution in [2.45, 2.75) is 32.2 Å². The first kappa shape index (κ1) is 19.6. The van der Waals surface area contributed by atoms with Gasteiger partial charge in [-0.15, -0.1) is 11.3 Å². The molecule has 2 heterocycles. The van der Waals surface area contributed by atoms with Gasteiger partial charge in [-0.3, -0.25) is 4.90 Å². The van der Waals surface area contributed by atoms with E-state index in [1.54, 1.807) is 11.9 Å². The number of H-pyrrole nitrogens is 1. The van der Waals surface area contributed by atoms with Gasteiger partial charge in [-0.2, -0.15) is 0 Å². The van der Waals surface area contributed by atoms with E-state index >= 15 is 0 Å². The molecule has 1 fully saturated rings. The van der Waals surface area contributed by atoms with Crippen LogP contribution in [-0.2, 0) is 0 Å². The van der Waals surface area contributed by atoms with E-state index in [1.807, 2.05) is 30.0 Å². The number of carbonyl (C=O) groups excluding carboxylic acids is 2. The molecule has 0 spiro atoms. The van der Waals surface area contributed by atoms with Crippen LogP contribution in [-0.4, -0.2) is 54.7 Å². The summed E-state index contributed by atoms with van der Waals surface area (Å²) in [6.07, 6.45) is 2.45. The Morgan fingerprint density at radius 2 is 2.11 bits per heavy atom. The molecule has 0 atom stereocenters. The van der Waals surface area contributed by atoms with Gasteiger partial charge in [0.15, 0.2) is 3.95 Å². The molecule has 1 aliphatic rings. The molecule has 1 aromatic heterocycles. The van der Waals surface area contributed by atoms with Gasteiger partial charge in [-0.25, -0.2) is 9.59 Å². The van der Waals surface area contributed by atoms with Crippen molar-refractivity contribution in [1.82, 2.24) is 20.5 Å². The molecule has 3 rings (SSSR count). The zero-order valence-electron chi connectivity index (χ0n) is 15.6. The first-order valence-electron chi connectivity index (χ1n) is 9.17. The standard InChI is InChI=1S/C18H25N5O2S2/c1-3-8-19-16(24)23-9-6-12(7-10-23)20-17(25)22(2)13-4-5-14-15(11-13)27-18(26)21-14/h4-5,11-12H,3,6-10H2,1-2H3,(H,19,24)(H,20,25)(H,21,26). The first-order chi connectivity index (χ1) is 13.0. The fourth-order valence-corrected chi connectivity index (χ4v) is 4.25. The number of carbonyl (C=O) groups is 2. The van der Waals surface area contributed by atoms with Gasteiger partial charge in [0.25, 0.3) is 0 Å². The number of nitrogens with one attached hydrogen (secondary N) is 3. The second-order valence-electron chi connectivity index (χ2n) is 6.70. The molecule has 2 aromatic rings. The highest BCUT2D eigenvalue weighted by molar-refractivity contribution is 7.73. The normalized spacial score (nSPS) is 15.0. The number of hydrogen-bond donors (Lipinski definition) is 3. The molecule has 0 radical (unpaired) electrons. The van der Waals surface area contributed by atoms with E-state index in [0.717, 1.165) is 39.1 Å². The Labute approximate surface area is 167 Å². The average molecular weight is 408 g/mol. The van der Waals surface area contributed by atoms with Gasteiger partial charge in [0.1, 0.15) is 0 Å². The van der Waals surface area contributed by atoms with Gasteiger partial charge < -0.3 is 20.5 Å². The first-order valence-corrected chi connectivity index (χ1v) is 10.4. The monoisotopic (exact) mass is 407 g/mol. The van der Waals surface area contributed by atoms with Crippen molar-refractivity contribution in [3.63, 3.8) is 0 Å². The SMILES string of the molecule is CCCNC(=O)N1CCC(NC(=O)N(C)c2ccc3[nH]c(=S)sc3c2)CC1. The number of piperidine rings is 1. The molecule has 0 unspecified atom stereocenters. The maximum absolute atomic E-state index is 12.6. The highest BCUT2D eigenvalue weighted by Gasteiger charge is 2.24. The summed E-state index contributed by atoms with van der Waals surface area (Å²) in [5, 5.41) is 5.97. The highest BCUT2D eigenvalue weighted by Crippen LogP contribution is 2.25. The molecule has 0 bridgehead atoms. The van der Waals surface area contributed by atoms with Crippen LogP contribution in [0.5, 0.6) is 0 Å². The van der Waals surface area contributed by atoms with Crippen molar-refractivity contribution >= 4 is 51.5 Å². The lowest BCUT2D eigenvalue weighted by molar-refractivity contribution is 0.176. The maximum Gasteiger partial charge on any atom is 0.321 e. The molecule has 1 aliphatic heterocycles. The van der Waals surface area contributed by atoms with E-state index in [-0.39, 0.29) is 18.1 Å². The molecule has 27 heavy (non-hydrogen) atoms. The number of nitrogens with zero attached hydrogens (tertiary/aromatic N) is 2. The summed E-state index contributed by atoms with van der Waals surface area (Å²) >= 11 is 6.67. The van der Waals surface area contributed by atoms with Crippen LogP contribution in [0.1, 0.15) is 26.2 Å². The number of rotatable bonds is 4. The van der Waals surface area contributed by atoms with Crippen molar-refractivity contribution in [3.8, 4) is 0 Å². The number of anilines is 1. The van der Waals surface area contributed by atoms with Crippen molar-refractivity contribution in [2.24, 2.45) is 0 Å². The number of urea groups is 2. The predicted molar refractivity (Wildman–Crippen MR) is 112 cm³/mol. The lowest BCUT2D eigenvalue weighted by atomic mass is 10.1. The minimum atomic E-state index is -0.137. The van der Waals surface area contributed by atoms with Gasteiger partial charge in [-0.1, -0.05) is 6.92 Å². The van der Waals surface area contributed by atoms with Crippen molar-refractivity contribution in [1.29, 1.82) is 0 Å². The second-order valence-corrected chi connectivity index (χ2v) is 8.42. The summed E-state index contributed by atoms with van der Waals surface area (Å²) in [6.45, 7) is 4.04. The lowest BCUT2D eigenvalue weighted by Crippen LogP contribution is -2.51. The summed E-state index contributed by atoms with van der Waals surface area (Å²) in [6, 6.07) is 5.73. The van der Waals surface area contributed by atoms with Crippen LogP contribution in [0.2, 0.25) is 0 Å². The average Bonchev–Trinajstić information content (AvgIpc) is 3.05. The van der Waals surface area contributed by atoms with Crippen LogP contribution in [0.3, 0.4) is 0 Å². The Bertz CT molecular complexity index is 870. The van der Waals surface area contributed by atoms with Crippen LogP contribution in [0, 0.1) is 3.95 Å². The Kier molecular flexibility index (Phi) is 6.33. The van der Waals surface area contributed by atoms with Crippen LogP contribution in [0.15, 0.2) is 18.2 Å². The largest absolute Gasteiger partial charge is 0.338 e. The Morgan fingerprint density at radius 3 is 2.81 bits per heavy atom. The summed E-state index contributed by atoms with van der Waals surface area (Å²) in [5.74, 6) is 0. The van der Waals surface area contributed by atoms with Crippen LogP contribution in [0.25, 0.3) is 10.2 Å². The summed E-state index contributed by atoms with van der Waals surface area (Å²) in [4.78, 5) is 31.2. The molecule has 0 aliphatic carbocycles. The number of fused-ring (bicyclic) bond motifs is 1. The number of likely N-dealkylation sites (tertiary alicyclic amines) is 1. The van der Waals surface area contributed by atoms with E-state index in [9.17, 15) is 9.59 Å². The molecule has 9 heteroatoms. The fraction of sp³-hybridized carbons (Fsp3) is 0.500. The lowest BCUT2D eigenvalue weighted by Gasteiger charge is -2.33. The van der Waals surface area contributed by atoms with Gasteiger partial charge in [0.2, 0.25) is 0 Å². The van der Waals surface area contributed by atoms with E-state index < -0.39 is 0 Å². The number of aromatic nitrogens is 1.